The Balaban J connectivity index is 1.43. The Morgan fingerprint density at radius 2 is 1.75 bits per heavy atom. The molecule has 1 saturated heterocycles. The first-order valence-corrected chi connectivity index (χ1v) is 13.3. The molecule has 2 heterocycles. The summed E-state index contributed by atoms with van der Waals surface area (Å²) in [5, 5.41) is 7.76. The molecular formula is C22H22Cl2N4O2S2. The Hall–Kier alpha value is -1.97. The van der Waals surface area contributed by atoms with Crippen molar-refractivity contribution in [1.29, 1.82) is 0 Å². The molecule has 1 fully saturated rings. The molecule has 2 aromatic carbocycles. The molecule has 0 spiro atoms. The number of anilines is 1. The fourth-order valence-corrected chi connectivity index (χ4v) is 6.09. The number of hydrogen-bond donors (Lipinski definition) is 1. The van der Waals surface area contributed by atoms with Crippen LogP contribution in [0.3, 0.4) is 0 Å². The second kappa shape index (κ2) is 10.3. The molecule has 0 saturated carbocycles. The van der Waals surface area contributed by atoms with Gasteiger partial charge in [-0.2, -0.15) is 9.41 Å². The smallest absolute Gasteiger partial charge is 0.243 e. The highest BCUT2D eigenvalue weighted by Crippen LogP contribution is 2.27. The number of thiazole rings is 1. The maximum absolute atomic E-state index is 12.9. The van der Waals surface area contributed by atoms with Crippen LogP contribution in [0.15, 0.2) is 57.8 Å². The summed E-state index contributed by atoms with van der Waals surface area (Å²) < 4.78 is 27.5. The minimum Gasteiger partial charge on any atom is -0.253 e. The maximum Gasteiger partial charge on any atom is 0.243 e. The predicted molar refractivity (Wildman–Crippen MR) is 132 cm³/mol. The summed E-state index contributed by atoms with van der Waals surface area (Å²) in [7, 11) is -3.46. The molecule has 0 atom stereocenters. The number of hydrazone groups is 1. The zero-order valence-electron chi connectivity index (χ0n) is 17.2. The molecule has 0 aliphatic carbocycles. The summed E-state index contributed by atoms with van der Waals surface area (Å²) in [5.41, 5.74) is 5.22. The van der Waals surface area contributed by atoms with E-state index in [0.29, 0.717) is 33.2 Å². The number of nitrogens with one attached hydrogen (secondary N) is 1. The van der Waals surface area contributed by atoms with Crippen molar-refractivity contribution >= 4 is 55.9 Å². The zero-order valence-corrected chi connectivity index (χ0v) is 20.3. The molecule has 1 aliphatic rings. The van der Waals surface area contributed by atoms with E-state index in [1.54, 1.807) is 53.0 Å². The zero-order chi connectivity index (χ0) is 22.6. The molecule has 1 N–H and O–H groups in total. The Bertz CT molecular complexity index is 1200. The molecule has 1 aromatic heterocycles. The van der Waals surface area contributed by atoms with Gasteiger partial charge in [0.15, 0.2) is 0 Å². The van der Waals surface area contributed by atoms with Crippen LogP contribution in [0.4, 0.5) is 5.13 Å². The van der Waals surface area contributed by atoms with Crippen molar-refractivity contribution in [2.45, 2.75) is 30.6 Å². The van der Waals surface area contributed by atoms with Crippen molar-refractivity contribution in [3.05, 3.63) is 63.5 Å². The highest BCUT2D eigenvalue weighted by Gasteiger charge is 2.25. The molecule has 32 heavy (non-hydrogen) atoms. The number of rotatable bonds is 6. The quantitative estimate of drug-likeness (QED) is 0.321. The van der Waals surface area contributed by atoms with Gasteiger partial charge < -0.3 is 0 Å². The van der Waals surface area contributed by atoms with Gasteiger partial charge in [0.25, 0.3) is 0 Å². The van der Waals surface area contributed by atoms with Crippen LogP contribution in [-0.4, -0.2) is 37.0 Å². The lowest BCUT2D eigenvalue weighted by molar-refractivity contribution is 0.424. The van der Waals surface area contributed by atoms with Gasteiger partial charge in [0.1, 0.15) is 0 Å². The van der Waals surface area contributed by atoms with Crippen molar-refractivity contribution in [2.24, 2.45) is 5.10 Å². The summed E-state index contributed by atoms with van der Waals surface area (Å²) >= 11 is 13.4. The maximum atomic E-state index is 12.9. The van der Waals surface area contributed by atoms with Crippen molar-refractivity contribution in [3.8, 4) is 11.3 Å². The van der Waals surface area contributed by atoms with Gasteiger partial charge in [0.2, 0.25) is 15.2 Å². The number of halogens is 2. The highest BCUT2D eigenvalue weighted by molar-refractivity contribution is 7.89. The largest absolute Gasteiger partial charge is 0.253 e. The minimum absolute atomic E-state index is 0.321. The molecule has 0 unspecified atom stereocenters. The number of sulfonamides is 1. The van der Waals surface area contributed by atoms with Gasteiger partial charge in [-0.1, -0.05) is 54.2 Å². The minimum atomic E-state index is -3.46. The van der Waals surface area contributed by atoms with E-state index in [-0.39, 0.29) is 0 Å². The van der Waals surface area contributed by atoms with Crippen LogP contribution in [0, 0.1) is 0 Å². The van der Waals surface area contributed by atoms with Gasteiger partial charge in [-0.15, -0.1) is 11.3 Å². The topological polar surface area (TPSA) is 74.7 Å². The van der Waals surface area contributed by atoms with Crippen LogP contribution in [0.2, 0.25) is 10.0 Å². The molecule has 3 aromatic rings. The van der Waals surface area contributed by atoms with Crippen LogP contribution in [0.5, 0.6) is 0 Å². The number of benzene rings is 2. The normalized spacial score (nSPS) is 15.7. The van der Waals surface area contributed by atoms with Gasteiger partial charge in [-0.25, -0.2) is 13.4 Å². The van der Waals surface area contributed by atoms with Crippen LogP contribution >= 0.6 is 34.5 Å². The van der Waals surface area contributed by atoms with E-state index >= 15 is 0 Å². The van der Waals surface area contributed by atoms with Gasteiger partial charge in [0.05, 0.1) is 21.8 Å². The average molecular weight is 509 g/mol. The van der Waals surface area contributed by atoms with Crippen molar-refractivity contribution in [2.75, 3.05) is 18.5 Å². The highest BCUT2D eigenvalue weighted by atomic mass is 35.5. The second-order valence-electron chi connectivity index (χ2n) is 7.42. The molecule has 1 aliphatic heterocycles. The standard InChI is InChI=1S/C22H22Cl2N4O2S2/c23-18-8-5-17(20(24)13-18)14-25-27-22-26-21(15-31-22)16-6-9-19(10-7-16)32(29,30)28-11-3-1-2-4-12-28/h5-10,13-15H,1-4,11-12H2,(H,26,27)/b25-14-. The first kappa shape index (κ1) is 23.2. The summed E-state index contributed by atoms with van der Waals surface area (Å²) in [4.78, 5) is 4.84. The lowest BCUT2D eigenvalue weighted by Gasteiger charge is -2.19. The lowest BCUT2D eigenvalue weighted by Crippen LogP contribution is -2.31. The molecule has 4 rings (SSSR count). The third kappa shape index (κ3) is 5.50. The van der Waals surface area contributed by atoms with Crippen LogP contribution in [0.1, 0.15) is 31.2 Å². The molecule has 168 valence electrons. The number of nitrogens with zero attached hydrogens (tertiary/aromatic N) is 3. The Labute approximate surface area is 201 Å². The predicted octanol–water partition coefficient (Wildman–Crippen LogP) is 6.13. The third-order valence-corrected chi connectivity index (χ3v) is 8.41. The molecule has 0 radical (unpaired) electrons. The van der Waals surface area contributed by atoms with Gasteiger partial charge in [0, 0.05) is 34.6 Å². The molecule has 6 nitrogen and oxygen atoms in total. The first-order chi connectivity index (χ1) is 15.4. The fourth-order valence-electron chi connectivity index (χ4n) is 3.45. The van der Waals surface area contributed by atoms with E-state index in [1.165, 1.54) is 11.3 Å². The average Bonchev–Trinajstić information content (AvgIpc) is 3.07. The van der Waals surface area contributed by atoms with Gasteiger partial charge in [-0.05, 0) is 37.1 Å². The van der Waals surface area contributed by atoms with E-state index in [0.717, 1.165) is 42.5 Å². The number of aromatic nitrogens is 1. The lowest BCUT2D eigenvalue weighted by atomic mass is 10.2. The van der Waals surface area contributed by atoms with Crippen molar-refractivity contribution < 1.29 is 8.42 Å². The van der Waals surface area contributed by atoms with E-state index < -0.39 is 10.0 Å². The molecule has 0 bridgehead atoms. The van der Waals surface area contributed by atoms with Gasteiger partial charge >= 0.3 is 0 Å². The SMILES string of the molecule is O=S(=O)(c1ccc(-c2csc(N/N=C\c3ccc(Cl)cc3Cl)n2)cc1)N1CCCCCC1. The Kier molecular flexibility index (Phi) is 7.48. The fraction of sp³-hybridized carbons (Fsp3) is 0.273. The third-order valence-electron chi connectivity index (χ3n) is 5.18. The van der Waals surface area contributed by atoms with E-state index in [2.05, 4.69) is 15.5 Å². The van der Waals surface area contributed by atoms with Crippen molar-refractivity contribution in [1.82, 2.24) is 9.29 Å². The van der Waals surface area contributed by atoms with E-state index in [9.17, 15) is 8.42 Å². The second-order valence-corrected chi connectivity index (χ2v) is 11.1. The van der Waals surface area contributed by atoms with Gasteiger partial charge in [-0.3, -0.25) is 5.43 Å². The summed E-state index contributed by atoms with van der Waals surface area (Å²) in [5.74, 6) is 0. The number of hydrogen-bond acceptors (Lipinski definition) is 6. The molecular weight excluding hydrogens is 487 g/mol. The van der Waals surface area contributed by atoms with Crippen LogP contribution < -0.4 is 5.43 Å². The summed E-state index contributed by atoms with van der Waals surface area (Å²) in [6.45, 7) is 1.18. The van der Waals surface area contributed by atoms with Crippen molar-refractivity contribution in [3.63, 3.8) is 0 Å². The Morgan fingerprint density at radius 1 is 1.03 bits per heavy atom. The van der Waals surface area contributed by atoms with E-state index in [4.69, 9.17) is 23.2 Å². The Morgan fingerprint density at radius 3 is 2.44 bits per heavy atom. The van der Waals surface area contributed by atoms with Crippen LogP contribution in [-0.2, 0) is 10.0 Å². The summed E-state index contributed by atoms with van der Waals surface area (Å²) in [6.07, 6.45) is 5.60. The summed E-state index contributed by atoms with van der Waals surface area (Å²) in [6, 6.07) is 12.1. The molecule has 0 amide bonds. The molecule has 10 heteroatoms. The monoisotopic (exact) mass is 508 g/mol. The van der Waals surface area contributed by atoms with Crippen LogP contribution in [0.25, 0.3) is 11.3 Å². The van der Waals surface area contributed by atoms with E-state index in [1.807, 2.05) is 5.38 Å². The first-order valence-electron chi connectivity index (χ1n) is 10.2.